The first-order valence-electron chi connectivity index (χ1n) is 8.55. The van der Waals surface area contributed by atoms with Crippen LogP contribution < -0.4 is 5.32 Å². The average Bonchev–Trinajstić information content (AvgIpc) is 3.21. The normalized spacial score (nSPS) is 20.6. The predicted octanol–water partition coefficient (Wildman–Crippen LogP) is 3.49. The van der Waals surface area contributed by atoms with Crippen molar-refractivity contribution in [3.8, 4) is 11.4 Å². The van der Waals surface area contributed by atoms with Crippen LogP contribution in [0.1, 0.15) is 31.7 Å². The van der Waals surface area contributed by atoms with E-state index < -0.39 is 0 Å². The third kappa shape index (κ3) is 2.76. The van der Waals surface area contributed by atoms with E-state index in [1.807, 2.05) is 47.1 Å². The summed E-state index contributed by atoms with van der Waals surface area (Å²) in [5.41, 5.74) is 3.53. The van der Waals surface area contributed by atoms with Crippen LogP contribution in [0.3, 0.4) is 0 Å². The molecule has 0 amide bonds. The minimum Gasteiger partial charge on any atom is -0.392 e. The van der Waals surface area contributed by atoms with Crippen molar-refractivity contribution in [3.63, 3.8) is 0 Å². The van der Waals surface area contributed by atoms with Crippen molar-refractivity contribution in [3.05, 3.63) is 48.3 Å². The summed E-state index contributed by atoms with van der Waals surface area (Å²) in [7, 11) is 0. The maximum Gasteiger partial charge on any atom is 0.137 e. The van der Waals surface area contributed by atoms with E-state index in [4.69, 9.17) is 4.98 Å². The molecule has 2 atom stereocenters. The van der Waals surface area contributed by atoms with Crippen molar-refractivity contribution in [2.45, 2.75) is 38.8 Å². The van der Waals surface area contributed by atoms with Gasteiger partial charge in [-0.2, -0.15) is 0 Å². The minimum atomic E-state index is 0.0160. The molecule has 3 aromatic heterocycles. The van der Waals surface area contributed by atoms with Crippen LogP contribution in [0.4, 0.5) is 5.82 Å². The highest BCUT2D eigenvalue weighted by molar-refractivity contribution is 5.62. The quantitative estimate of drug-likeness (QED) is 0.772. The molecular formula is C19H22N4O. The van der Waals surface area contributed by atoms with E-state index in [0.29, 0.717) is 12.0 Å². The fourth-order valence-electron chi connectivity index (χ4n) is 3.52. The van der Waals surface area contributed by atoms with Gasteiger partial charge in [0.05, 0.1) is 24.2 Å². The molecule has 2 N–H and O–H groups in total. The van der Waals surface area contributed by atoms with E-state index in [1.54, 1.807) is 0 Å². The predicted molar refractivity (Wildman–Crippen MR) is 94.8 cm³/mol. The van der Waals surface area contributed by atoms with E-state index >= 15 is 0 Å². The molecule has 1 fully saturated rings. The van der Waals surface area contributed by atoms with Gasteiger partial charge in [0.1, 0.15) is 11.5 Å². The van der Waals surface area contributed by atoms with Crippen molar-refractivity contribution in [2.24, 2.45) is 5.92 Å². The molecule has 1 aliphatic carbocycles. The molecule has 3 heterocycles. The molecular weight excluding hydrogens is 300 g/mol. The molecule has 1 aliphatic rings. The highest BCUT2D eigenvalue weighted by Gasteiger charge is 2.23. The Hall–Kier alpha value is -2.40. The number of aromatic nitrogens is 3. The summed E-state index contributed by atoms with van der Waals surface area (Å²) < 4.78 is 1.98. The Bertz CT molecular complexity index is 857. The van der Waals surface area contributed by atoms with E-state index in [-0.39, 0.29) is 6.61 Å². The van der Waals surface area contributed by atoms with Gasteiger partial charge >= 0.3 is 0 Å². The van der Waals surface area contributed by atoms with Gasteiger partial charge in [-0.1, -0.05) is 25.5 Å². The monoisotopic (exact) mass is 322 g/mol. The lowest BCUT2D eigenvalue weighted by molar-refractivity contribution is 0.281. The highest BCUT2D eigenvalue weighted by atomic mass is 16.3. The standard InChI is InChI=1S/C19H22N4O/c1-13-4-2-5-15(13)21-18-7-3-6-16(22-18)17-10-20-19-9-8-14(12-24)11-23(17)19/h3,6-11,13,15,24H,2,4-5,12H2,1H3,(H,21,22)/t13-,15-/m0/s1. The van der Waals surface area contributed by atoms with Crippen LogP contribution in [0.25, 0.3) is 17.0 Å². The van der Waals surface area contributed by atoms with Crippen LogP contribution >= 0.6 is 0 Å². The first-order chi connectivity index (χ1) is 11.7. The number of rotatable bonds is 4. The first-order valence-corrected chi connectivity index (χ1v) is 8.55. The Morgan fingerprint density at radius 1 is 1.25 bits per heavy atom. The molecule has 5 nitrogen and oxygen atoms in total. The van der Waals surface area contributed by atoms with E-state index in [9.17, 15) is 5.11 Å². The van der Waals surface area contributed by atoms with Gasteiger partial charge in [0.2, 0.25) is 0 Å². The molecule has 124 valence electrons. The summed E-state index contributed by atoms with van der Waals surface area (Å²) in [5, 5.41) is 12.9. The Morgan fingerprint density at radius 2 is 2.17 bits per heavy atom. The number of hydrogen-bond donors (Lipinski definition) is 2. The number of aliphatic hydroxyl groups excluding tert-OH is 1. The topological polar surface area (TPSA) is 62.5 Å². The number of aliphatic hydroxyl groups is 1. The number of pyridine rings is 2. The molecule has 3 aromatic rings. The van der Waals surface area contributed by atoms with Crippen molar-refractivity contribution in [2.75, 3.05) is 5.32 Å². The summed E-state index contributed by atoms with van der Waals surface area (Å²) in [6.45, 7) is 2.32. The summed E-state index contributed by atoms with van der Waals surface area (Å²) in [4.78, 5) is 9.22. The van der Waals surface area contributed by atoms with Gasteiger partial charge in [0, 0.05) is 12.2 Å². The molecule has 5 heteroatoms. The number of anilines is 1. The van der Waals surface area contributed by atoms with Gasteiger partial charge in [-0.05, 0) is 42.5 Å². The zero-order chi connectivity index (χ0) is 16.5. The van der Waals surface area contributed by atoms with Crippen molar-refractivity contribution >= 4 is 11.5 Å². The van der Waals surface area contributed by atoms with Crippen molar-refractivity contribution in [1.82, 2.24) is 14.4 Å². The summed E-state index contributed by atoms with van der Waals surface area (Å²) >= 11 is 0. The molecule has 0 radical (unpaired) electrons. The van der Waals surface area contributed by atoms with Gasteiger partial charge in [-0.3, -0.25) is 4.40 Å². The van der Waals surface area contributed by atoms with Crippen LogP contribution in [0, 0.1) is 5.92 Å². The smallest absolute Gasteiger partial charge is 0.137 e. The molecule has 1 saturated carbocycles. The van der Waals surface area contributed by atoms with Crippen LogP contribution in [0.15, 0.2) is 42.7 Å². The molecule has 0 saturated heterocycles. The summed E-state index contributed by atoms with van der Waals surface area (Å²) in [5.74, 6) is 1.61. The maximum atomic E-state index is 9.36. The van der Waals surface area contributed by atoms with Gasteiger partial charge in [0.25, 0.3) is 0 Å². The number of nitrogens with one attached hydrogen (secondary N) is 1. The SMILES string of the molecule is C[C@H]1CCC[C@@H]1Nc1cccc(-c2cnc3ccc(CO)cn23)n1. The third-order valence-electron chi connectivity index (χ3n) is 4.96. The maximum absolute atomic E-state index is 9.36. The Labute approximate surface area is 141 Å². The van der Waals surface area contributed by atoms with Crippen LogP contribution in [-0.2, 0) is 6.61 Å². The minimum absolute atomic E-state index is 0.0160. The summed E-state index contributed by atoms with van der Waals surface area (Å²) in [6.07, 6.45) is 7.53. The zero-order valence-electron chi connectivity index (χ0n) is 13.8. The fourth-order valence-corrected chi connectivity index (χ4v) is 3.52. The molecule has 4 rings (SSSR count). The summed E-state index contributed by atoms with van der Waals surface area (Å²) in [6, 6.07) is 10.4. The lowest BCUT2D eigenvalue weighted by atomic mass is 10.1. The number of nitrogens with zero attached hydrogens (tertiary/aromatic N) is 3. The van der Waals surface area contributed by atoms with Crippen LogP contribution in [0.2, 0.25) is 0 Å². The molecule has 24 heavy (non-hydrogen) atoms. The second kappa shape index (κ2) is 6.24. The molecule has 0 bridgehead atoms. The lowest BCUT2D eigenvalue weighted by Gasteiger charge is -2.18. The zero-order valence-corrected chi connectivity index (χ0v) is 13.8. The van der Waals surface area contributed by atoms with Crippen LogP contribution in [-0.4, -0.2) is 25.5 Å². The highest BCUT2D eigenvalue weighted by Crippen LogP contribution is 2.28. The molecule has 0 spiro atoms. The molecule has 0 aromatic carbocycles. The average molecular weight is 322 g/mol. The van der Waals surface area contributed by atoms with E-state index in [2.05, 4.69) is 17.2 Å². The third-order valence-corrected chi connectivity index (χ3v) is 4.96. The lowest BCUT2D eigenvalue weighted by Crippen LogP contribution is -2.22. The van der Waals surface area contributed by atoms with Gasteiger partial charge < -0.3 is 10.4 Å². The van der Waals surface area contributed by atoms with E-state index in [1.165, 1.54) is 19.3 Å². The Balaban J connectivity index is 1.68. The number of fused-ring (bicyclic) bond motifs is 1. The van der Waals surface area contributed by atoms with Crippen molar-refractivity contribution < 1.29 is 5.11 Å². The number of imidazole rings is 1. The van der Waals surface area contributed by atoms with E-state index in [0.717, 1.165) is 28.4 Å². The Kier molecular flexibility index (Phi) is 3.94. The molecule has 0 unspecified atom stereocenters. The van der Waals surface area contributed by atoms with Gasteiger partial charge in [0.15, 0.2) is 0 Å². The second-order valence-corrected chi connectivity index (χ2v) is 6.63. The first kappa shape index (κ1) is 15.1. The van der Waals surface area contributed by atoms with Gasteiger partial charge in [-0.25, -0.2) is 9.97 Å². The van der Waals surface area contributed by atoms with Crippen LogP contribution in [0.5, 0.6) is 0 Å². The molecule has 0 aliphatic heterocycles. The fraction of sp³-hybridized carbons (Fsp3) is 0.368. The van der Waals surface area contributed by atoms with Gasteiger partial charge in [-0.15, -0.1) is 0 Å². The van der Waals surface area contributed by atoms with Crippen molar-refractivity contribution in [1.29, 1.82) is 0 Å². The Morgan fingerprint density at radius 3 is 2.96 bits per heavy atom. The second-order valence-electron chi connectivity index (χ2n) is 6.63. The largest absolute Gasteiger partial charge is 0.392 e. The number of hydrogen-bond acceptors (Lipinski definition) is 4.